The summed E-state index contributed by atoms with van der Waals surface area (Å²) < 4.78 is 10.9. The van der Waals surface area contributed by atoms with E-state index in [-0.39, 0.29) is 0 Å². The van der Waals surface area contributed by atoms with Gasteiger partial charge in [-0.05, 0) is 114 Å². The standard InChI is InChI=1S/C49H32N2O/c1-31-19-23-36(30-40(31)34-22-26-49-43(29-34)39-15-7-10-18-48(39)52-49)51-45-17-9-6-14-38(45)42-28-33(21-25-47(42)51)32-20-24-46-41(27-32)37-13-5-8-16-44(37)50(46)35-11-3-2-4-12-35/h2-30H,1H3. The third kappa shape index (κ3) is 4.26. The number of fused-ring (bicyclic) bond motifs is 9. The summed E-state index contributed by atoms with van der Waals surface area (Å²) in [5.41, 5.74) is 15.0. The van der Waals surface area contributed by atoms with Crippen LogP contribution in [0.25, 0.3) is 99.2 Å². The van der Waals surface area contributed by atoms with Gasteiger partial charge in [-0.3, -0.25) is 0 Å². The van der Waals surface area contributed by atoms with E-state index < -0.39 is 0 Å². The number of benzene rings is 8. The molecule has 0 N–H and O–H groups in total. The molecule has 0 saturated carbocycles. The molecule has 0 saturated heterocycles. The van der Waals surface area contributed by atoms with Crippen LogP contribution in [0.15, 0.2) is 180 Å². The highest BCUT2D eigenvalue weighted by atomic mass is 16.3. The number of rotatable bonds is 4. The number of aromatic nitrogens is 2. The van der Waals surface area contributed by atoms with Crippen molar-refractivity contribution in [2.45, 2.75) is 6.92 Å². The van der Waals surface area contributed by atoms with Gasteiger partial charge in [-0.2, -0.15) is 0 Å². The molecule has 11 rings (SSSR count). The number of hydrogen-bond donors (Lipinski definition) is 0. The molecule has 3 heteroatoms. The molecule has 3 nitrogen and oxygen atoms in total. The van der Waals surface area contributed by atoms with E-state index in [1.54, 1.807) is 0 Å². The van der Waals surface area contributed by atoms with E-state index in [2.05, 4.69) is 180 Å². The predicted molar refractivity (Wildman–Crippen MR) is 218 cm³/mol. The second-order valence-corrected chi connectivity index (χ2v) is 13.8. The normalized spacial score (nSPS) is 11.9. The Kier molecular flexibility index (Phi) is 6.17. The molecule has 0 aliphatic heterocycles. The van der Waals surface area contributed by atoms with Gasteiger partial charge < -0.3 is 13.6 Å². The van der Waals surface area contributed by atoms with Gasteiger partial charge >= 0.3 is 0 Å². The molecule has 0 fully saturated rings. The van der Waals surface area contributed by atoms with Crippen molar-refractivity contribution >= 4 is 65.6 Å². The lowest BCUT2D eigenvalue weighted by Crippen LogP contribution is -1.96. The summed E-state index contributed by atoms with van der Waals surface area (Å²) in [5.74, 6) is 0. The van der Waals surface area contributed by atoms with E-state index in [1.807, 2.05) is 12.1 Å². The Morgan fingerprint density at radius 2 is 0.865 bits per heavy atom. The number of furan rings is 1. The van der Waals surface area contributed by atoms with Gasteiger partial charge in [0.05, 0.1) is 22.1 Å². The SMILES string of the molecule is Cc1ccc(-n2c3ccccc3c3cc(-c4ccc5c(c4)c4ccccc4n5-c4ccccc4)ccc32)cc1-c1ccc2oc3ccccc3c2c1. The van der Waals surface area contributed by atoms with Gasteiger partial charge in [-0.1, -0.05) is 97.1 Å². The van der Waals surface area contributed by atoms with Crippen molar-refractivity contribution in [2.24, 2.45) is 0 Å². The maximum absolute atomic E-state index is 6.15. The van der Waals surface area contributed by atoms with Crippen LogP contribution in [0.5, 0.6) is 0 Å². The van der Waals surface area contributed by atoms with Gasteiger partial charge in [-0.25, -0.2) is 0 Å². The summed E-state index contributed by atoms with van der Waals surface area (Å²) in [6.07, 6.45) is 0. The molecule has 52 heavy (non-hydrogen) atoms. The van der Waals surface area contributed by atoms with Crippen molar-refractivity contribution in [2.75, 3.05) is 0 Å². The third-order valence-corrected chi connectivity index (χ3v) is 10.9. The molecular weight excluding hydrogens is 633 g/mol. The van der Waals surface area contributed by atoms with Crippen molar-refractivity contribution in [1.82, 2.24) is 9.13 Å². The molecule has 0 atom stereocenters. The molecule has 3 heterocycles. The van der Waals surface area contributed by atoms with Crippen molar-refractivity contribution in [3.05, 3.63) is 181 Å². The van der Waals surface area contributed by atoms with Crippen LogP contribution in [0.4, 0.5) is 0 Å². The highest BCUT2D eigenvalue weighted by Crippen LogP contribution is 2.40. The van der Waals surface area contributed by atoms with Gasteiger partial charge in [0, 0.05) is 43.7 Å². The minimum absolute atomic E-state index is 0.915. The molecule has 0 aliphatic rings. The molecule has 0 amide bonds. The van der Waals surface area contributed by atoms with E-state index in [4.69, 9.17) is 4.42 Å². The largest absolute Gasteiger partial charge is 0.456 e. The Morgan fingerprint density at radius 1 is 0.346 bits per heavy atom. The minimum atomic E-state index is 0.915. The van der Waals surface area contributed by atoms with Crippen molar-refractivity contribution < 1.29 is 4.42 Å². The second kappa shape index (κ2) is 11.1. The van der Waals surface area contributed by atoms with Gasteiger partial charge in [0.15, 0.2) is 0 Å². The van der Waals surface area contributed by atoms with Gasteiger partial charge in [0.2, 0.25) is 0 Å². The van der Waals surface area contributed by atoms with Crippen LogP contribution < -0.4 is 0 Å². The fourth-order valence-electron chi connectivity index (χ4n) is 8.39. The molecule has 0 aliphatic carbocycles. The Balaban J connectivity index is 1.07. The molecule has 0 radical (unpaired) electrons. The van der Waals surface area contributed by atoms with E-state index in [0.29, 0.717) is 0 Å². The Bertz CT molecular complexity index is 3190. The summed E-state index contributed by atoms with van der Waals surface area (Å²) in [6.45, 7) is 2.20. The number of nitrogens with zero attached hydrogens (tertiary/aromatic N) is 2. The average molecular weight is 665 g/mol. The molecule has 11 aromatic rings. The molecule has 0 bridgehead atoms. The van der Waals surface area contributed by atoms with Gasteiger partial charge in [0.25, 0.3) is 0 Å². The van der Waals surface area contributed by atoms with Crippen LogP contribution in [-0.2, 0) is 0 Å². The summed E-state index contributed by atoms with van der Waals surface area (Å²) in [4.78, 5) is 0. The number of aryl methyl sites for hydroxylation is 1. The lowest BCUT2D eigenvalue weighted by atomic mass is 9.98. The maximum atomic E-state index is 6.15. The van der Waals surface area contributed by atoms with Crippen molar-refractivity contribution in [1.29, 1.82) is 0 Å². The first-order chi connectivity index (χ1) is 25.7. The average Bonchev–Trinajstić information content (AvgIpc) is 3.85. The van der Waals surface area contributed by atoms with Gasteiger partial charge in [0.1, 0.15) is 11.2 Å². The fourth-order valence-corrected chi connectivity index (χ4v) is 8.39. The first kappa shape index (κ1) is 28.9. The van der Waals surface area contributed by atoms with Crippen LogP contribution >= 0.6 is 0 Å². The predicted octanol–water partition coefficient (Wildman–Crippen LogP) is 13.4. The topological polar surface area (TPSA) is 23.0 Å². The molecule has 0 unspecified atom stereocenters. The van der Waals surface area contributed by atoms with Crippen LogP contribution in [0.3, 0.4) is 0 Å². The van der Waals surface area contributed by atoms with E-state index in [9.17, 15) is 0 Å². The monoisotopic (exact) mass is 664 g/mol. The van der Waals surface area contributed by atoms with Crippen molar-refractivity contribution in [3.8, 4) is 33.6 Å². The quantitative estimate of drug-likeness (QED) is 0.184. The van der Waals surface area contributed by atoms with Crippen LogP contribution in [0.1, 0.15) is 5.56 Å². The second-order valence-electron chi connectivity index (χ2n) is 13.8. The lowest BCUT2D eigenvalue weighted by Gasteiger charge is -2.13. The van der Waals surface area contributed by atoms with Crippen molar-refractivity contribution in [3.63, 3.8) is 0 Å². The summed E-state index contributed by atoms with van der Waals surface area (Å²) in [7, 11) is 0. The third-order valence-electron chi connectivity index (χ3n) is 10.9. The van der Waals surface area contributed by atoms with E-state index >= 15 is 0 Å². The summed E-state index contributed by atoms with van der Waals surface area (Å²) in [6, 6.07) is 63.7. The highest BCUT2D eigenvalue weighted by Gasteiger charge is 2.17. The van der Waals surface area contributed by atoms with Crippen LogP contribution in [-0.4, -0.2) is 9.13 Å². The zero-order valence-electron chi connectivity index (χ0n) is 28.5. The Hall–Kier alpha value is -6.84. The number of para-hydroxylation sites is 4. The molecule has 3 aromatic heterocycles. The van der Waals surface area contributed by atoms with E-state index in [1.165, 1.54) is 77.1 Å². The molecular formula is C49H32N2O. The fraction of sp³-hybridized carbons (Fsp3) is 0.0204. The first-order valence-corrected chi connectivity index (χ1v) is 17.8. The summed E-state index contributed by atoms with van der Waals surface area (Å²) >= 11 is 0. The van der Waals surface area contributed by atoms with Gasteiger partial charge in [-0.15, -0.1) is 0 Å². The Labute approximate surface area is 300 Å². The molecule has 0 spiro atoms. The van der Waals surface area contributed by atoms with E-state index in [0.717, 1.165) is 27.6 Å². The molecule has 244 valence electrons. The Morgan fingerprint density at radius 3 is 1.56 bits per heavy atom. The minimum Gasteiger partial charge on any atom is -0.456 e. The zero-order chi connectivity index (χ0) is 34.3. The maximum Gasteiger partial charge on any atom is 0.135 e. The summed E-state index contributed by atoms with van der Waals surface area (Å²) in [5, 5.41) is 7.30. The number of hydrogen-bond acceptors (Lipinski definition) is 1. The molecule has 8 aromatic carbocycles. The zero-order valence-corrected chi connectivity index (χ0v) is 28.5. The smallest absolute Gasteiger partial charge is 0.135 e. The van der Waals surface area contributed by atoms with Crippen LogP contribution in [0.2, 0.25) is 0 Å². The lowest BCUT2D eigenvalue weighted by molar-refractivity contribution is 0.669. The first-order valence-electron chi connectivity index (χ1n) is 17.8. The van der Waals surface area contributed by atoms with Crippen LogP contribution in [0, 0.1) is 6.92 Å². The highest BCUT2D eigenvalue weighted by molar-refractivity contribution is 6.13.